The molecular formula is C22H35NO3. The molecule has 4 nitrogen and oxygen atoms in total. The Morgan fingerprint density at radius 1 is 1.19 bits per heavy atom. The van der Waals surface area contributed by atoms with Crippen LogP contribution in [-0.2, 0) is 11.2 Å². The largest absolute Gasteiger partial charge is 0.444 e. The van der Waals surface area contributed by atoms with Crippen LogP contribution in [0, 0.1) is 0 Å². The Hall–Kier alpha value is -1.81. The van der Waals surface area contributed by atoms with Crippen molar-refractivity contribution in [2.24, 2.45) is 0 Å². The Morgan fingerprint density at radius 3 is 2.38 bits per heavy atom. The predicted octanol–water partition coefficient (Wildman–Crippen LogP) is 5.10. The summed E-state index contributed by atoms with van der Waals surface area (Å²) in [5, 5.41) is 13.1. The number of unbranched alkanes of at least 4 members (excludes halogenated alkanes) is 2. The molecule has 0 saturated heterocycles. The van der Waals surface area contributed by atoms with Crippen LogP contribution in [0.15, 0.2) is 30.3 Å². The van der Waals surface area contributed by atoms with Gasteiger partial charge < -0.3 is 15.2 Å². The summed E-state index contributed by atoms with van der Waals surface area (Å²) >= 11 is 0. The maximum atomic E-state index is 11.9. The van der Waals surface area contributed by atoms with E-state index in [1.807, 2.05) is 33.8 Å². The maximum Gasteiger partial charge on any atom is 0.407 e. The van der Waals surface area contributed by atoms with E-state index >= 15 is 0 Å². The monoisotopic (exact) mass is 361 g/mol. The maximum absolute atomic E-state index is 11.9. The number of benzene rings is 1. The number of rotatable bonds is 9. The topological polar surface area (TPSA) is 58.6 Å². The van der Waals surface area contributed by atoms with Crippen molar-refractivity contribution in [3.63, 3.8) is 0 Å². The van der Waals surface area contributed by atoms with E-state index in [0.29, 0.717) is 6.42 Å². The van der Waals surface area contributed by atoms with Crippen molar-refractivity contribution in [2.45, 2.75) is 84.5 Å². The second-order valence-electron chi connectivity index (χ2n) is 7.71. The van der Waals surface area contributed by atoms with Gasteiger partial charge in [0, 0.05) is 0 Å². The van der Waals surface area contributed by atoms with Crippen LogP contribution in [-0.4, -0.2) is 28.9 Å². The highest BCUT2D eigenvalue weighted by Gasteiger charge is 2.21. The van der Waals surface area contributed by atoms with Gasteiger partial charge in [0.1, 0.15) is 5.60 Å². The van der Waals surface area contributed by atoms with Crippen LogP contribution in [0.2, 0.25) is 0 Å². The van der Waals surface area contributed by atoms with Gasteiger partial charge in [-0.15, -0.1) is 0 Å². The summed E-state index contributed by atoms with van der Waals surface area (Å²) in [6.07, 6.45) is 7.77. The summed E-state index contributed by atoms with van der Waals surface area (Å²) in [4.78, 5) is 11.9. The molecule has 0 saturated carbocycles. The molecule has 1 rings (SSSR count). The SMILES string of the molecule is CCCCCc1ccc(/C=C/[C@H](O)[C@@H](CC)NC(=O)OC(C)(C)C)cc1. The Labute approximate surface area is 158 Å². The predicted molar refractivity (Wildman–Crippen MR) is 108 cm³/mol. The van der Waals surface area contributed by atoms with E-state index in [9.17, 15) is 9.90 Å². The van der Waals surface area contributed by atoms with Gasteiger partial charge in [0.2, 0.25) is 0 Å². The molecule has 0 unspecified atom stereocenters. The van der Waals surface area contributed by atoms with Crippen molar-refractivity contribution in [1.82, 2.24) is 5.32 Å². The number of amides is 1. The number of hydrogen-bond donors (Lipinski definition) is 2. The number of nitrogens with one attached hydrogen (secondary N) is 1. The van der Waals surface area contributed by atoms with E-state index in [4.69, 9.17) is 4.74 Å². The van der Waals surface area contributed by atoms with Gasteiger partial charge in [-0.05, 0) is 51.2 Å². The van der Waals surface area contributed by atoms with E-state index in [-0.39, 0.29) is 6.04 Å². The second-order valence-corrected chi connectivity index (χ2v) is 7.71. The lowest BCUT2D eigenvalue weighted by molar-refractivity contribution is 0.0453. The number of hydrogen-bond acceptors (Lipinski definition) is 3. The summed E-state index contributed by atoms with van der Waals surface area (Å²) in [5.74, 6) is 0. The minimum absolute atomic E-state index is 0.380. The summed E-state index contributed by atoms with van der Waals surface area (Å²) in [5.41, 5.74) is 1.83. The van der Waals surface area contributed by atoms with E-state index in [0.717, 1.165) is 12.0 Å². The van der Waals surface area contributed by atoms with E-state index in [1.165, 1.54) is 24.8 Å². The molecule has 0 spiro atoms. The van der Waals surface area contributed by atoms with Crippen molar-refractivity contribution in [2.75, 3.05) is 0 Å². The van der Waals surface area contributed by atoms with Gasteiger partial charge in [0.15, 0.2) is 0 Å². The molecule has 2 atom stereocenters. The van der Waals surface area contributed by atoms with Crippen LogP contribution < -0.4 is 5.32 Å². The number of carbonyl (C=O) groups excluding carboxylic acids is 1. The third-order valence-electron chi connectivity index (χ3n) is 4.09. The molecule has 4 heteroatoms. The van der Waals surface area contributed by atoms with Crippen LogP contribution in [0.5, 0.6) is 0 Å². The number of carbonyl (C=O) groups is 1. The number of aliphatic hydroxyl groups is 1. The first-order valence-electron chi connectivity index (χ1n) is 9.70. The highest BCUT2D eigenvalue weighted by atomic mass is 16.6. The molecule has 0 aliphatic carbocycles. The fourth-order valence-corrected chi connectivity index (χ4v) is 2.61. The zero-order valence-corrected chi connectivity index (χ0v) is 16.9. The number of aryl methyl sites for hydroxylation is 1. The van der Waals surface area contributed by atoms with Crippen molar-refractivity contribution in [1.29, 1.82) is 0 Å². The number of aliphatic hydroxyl groups excluding tert-OH is 1. The third-order valence-corrected chi connectivity index (χ3v) is 4.09. The van der Waals surface area contributed by atoms with Crippen molar-refractivity contribution in [3.05, 3.63) is 41.5 Å². The molecule has 2 N–H and O–H groups in total. The van der Waals surface area contributed by atoms with Crippen LogP contribution >= 0.6 is 0 Å². The normalized spacial score (nSPS) is 14.2. The summed E-state index contributed by atoms with van der Waals surface area (Å²) in [6.45, 7) is 9.58. The Balaban J connectivity index is 2.57. The molecule has 0 fully saturated rings. The molecule has 0 heterocycles. The van der Waals surface area contributed by atoms with Gasteiger partial charge in [0.25, 0.3) is 0 Å². The molecule has 26 heavy (non-hydrogen) atoms. The average molecular weight is 362 g/mol. The first-order valence-corrected chi connectivity index (χ1v) is 9.70. The van der Waals surface area contributed by atoms with Gasteiger partial charge in [-0.1, -0.05) is 63.1 Å². The van der Waals surface area contributed by atoms with Gasteiger partial charge in [0.05, 0.1) is 12.1 Å². The Bertz CT molecular complexity index is 558. The molecule has 1 aromatic carbocycles. The van der Waals surface area contributed by atoms with Crippen molar-refractivity contribution < 1.29 is 14.6 Å². The molecule has 0 radical (unpaired) electrons. The smallest absolute Gasteiger partial charge is 0.407 e. The quantitative estimate of drug-likeness (QED) is 0.602. The zero-order chi connectivity index (χ0) is 19.6. The highest BCUT2D eigenvalue weighted by Crippen LogP contribution is 2.12. The molecule has 1 aromatic rings. The summed E-state index contributed by atoms with van der Waals surface area (Å²) < 4.78 is 5.25. The van der Waals surface area contributed by atoms with E-state index < -0.39 is 17.8 Å². The molecule has 0 aliphatic rings. The minimum atomic E-state index is -0.767. The van der Waals surface area contributed by atoms with Gasteiger partial charge >= 0.3 is 6.09 Å². The van der Waals surface area contributed by atoms with Crippen LogP contribution in [0.4, 0.5) is 4.79 Å². The fourth-order valence-electron chi connectivity index (χ4n) is 2.61. The number of alkyl carbamates (subject to hydrolysis) is 1. The lowest BCUT2D eigenvalue weighted by Gasteiger charge is -2.24. The Morgan fingerprint density at radius 2 is 1.85 bits per heavy atom. The molecule has 146 valence electrons. The molecule has 0 aromatic heterocycles. The van der Waals surface area contributed by atoms with Crippen LogP contribution in [0.25, 0.3) is 6.08 Å². The van der Waals surface area contributed by atoms with E-state index in [2.05, 4.69) is 36.5 Å². The van der Waals surface area contributed by atoms with E-state index in [1.54, 1.807) is 6.08 Å². The van der Waals surface area contributed by atoms with Crippen LogP contribution in [0.1, 0.15) is 71.4 Å². The zero-order valence-electron chi connectivity index (χ0n) is 16.9. The molecule has 0 bridgehead atoms. The fraction of sp³-hybridized carbons (Fsp3) is 0.591. The lowest BCUT2D eigenvalue weighted by Crippen LogP contribution is -2.44. The standard InChI is InChI=1S/C22H35NO3/c1-6-8-9-10-17-11-13-18(14-12-17)15-16-20(24)19(7-2)23-21(25)26-22(3,4)5/h11-16,19-20,24H,6-10H2,1-5H3,(H,23,25)/b16-15+/t19-,20+/m1/s1. The molecule has 1 amide bonds. The van der Waals surface area contributed by atoms with Crippen molar-refractivity contribution >= 4 is 12.2 Å². The Kier molecular flexibility index (Phi) is 9.42. The lowest BCUT2D eigenvalue weighted by atomic mass is 10.0. The first-order chi connectivity index (χ1) is 12.2. The second kappa shape index (κ2) is 11.0. The van der Waals surface area contributed by atoms with Gasteiger partial charge in [-0.25, -0.2) is 4.79 Å². The summed E-state index contributed by atoms with van der Waals surface area (Å²) in [6, 6.07) is 8.02. The molecule has 0 aliphatic heterocycles. The van der Waals surface area contributed by atoms with Gasteiger partial charge in [-0.3, -0.25) is 0 Å². The van der Waals surface area contributed by atoms with Crippen molar-refractivity contribution in [3.8, 4) is 0 Å². The summed E-state index contributed by atoms with van der Waals surface area (Å²) in [7, 11) is 0. The van der Waals surface area contributed by atoms with Crippen LogP contribution in [0.3, 0.4) is 0 Å². The minimum Gasteiger partial charge on any atom is -0.444 e. The highest BCUT2D eigenvalue weighted by molar-refractivity contribution is 5.68. The van der Waals surface area contributed by atoms with Gasteiger partial charge in [-0.2, -0.15) is 0 Å². The number of ether oxygens (including phenoxy) is 1. The first kappa shape index (κ1) is 22.2. The average Bonchev–Trinajstić information content (AvgIpc) is 2.57. The third kappa shape index (κ3) is 9.04. The molecular weight excluding hydrogens is 326 g/mol.